The van der Waals surface area contributed by atoms with Gasteiger partial charge in [-0.25, -0.2) is 4.98 Å². The fourth-order valence-electron chi connectivity index (χ4n) is 1.13. The van der Waals surface area contributed by atoms with E-state index in [0.717, 1.165) is 0 Å². The molecule has 2 rings (SSSR count). The van der Waals surface area contributed by atoms with E-state index in [1.165, 1.54) is 6.20 Å². The van der Waals surface area contributed by atoms with Gasteiger partial charge in [0.1, 0.15) is 5.75 Å². The number of para-hydroxylation sites is 1. The Bertz CT molecular complexity index is 488. The lowest BCUT2D eigenvalue weighted by Crippen LogP contribution is -1.90. The summed E-state index contributed by atoms with van der Waals surface area (Å²) in [6.07, 6.45) is 10.0. The SMILES string of the molecule is C#Cc1ccccc1Oc1cnccn1. The summed E-state index contributed by atoms with van der Waals surface area (Å²) in [6, 6.07) is 7.32. The first-order valence-corrected chi connectivity index (χ1v) is 4.39. The van der Waals surface area contributed by atoms with Crippen LogP contribution in [0.4, 0.5) is 0 Å². The summed E-state index contributed by atoms with van der Waals surface area (Å²) >= 11 is 0. The highest BCUT2D eigenvalue weighted by Gasteiger charge is 2.01. The number of benzene rings is 1. The summed E-state index contributed by atoms with van der Waals surface area (Å²) in [7, 11) is 0. The second kappa shape index (κ2) is 4.25. The summed E-state index contributed by atoms with van der Waals surface area (Å²) < 4.78 is 5.48. The first kappa shape index (κ1) is 9.22. The molecular weight excluding hydrogens is 188 g/mol. The molecule has 3 heteroatoms. The van der Waals surface area contributed by atoms with Crippen molar-refractivity contribution in [2.45, 2.75) is 0 Å². The third-order valence-electron chi connectivity index (χ3n) is 1.80. The molecule has 15 heavy (non-hydrogen) atoms. The van der Waals surface area contributed by atoms with Gasteiger partial charge < -0.3 is 4.74 Å². The molecule has 0 aliphatic carbocycles. The van der Waals surface area contributed by atoms with Crippen molar-refractivity contribution in [2.75, 3.05) is 0 Å². The van der Waals surface area contributed by atoms with E-state index in [4.69, 9.17) is 11.2 Å². The maximum atomic E-state index is 5.48. The quantitative estimate of drug-likeness (QED) is 0.691. The number of nitrogens with zero attached hydrogens (tertiary/aromatic N) is 2. The summed E-state index contributed by atoms with van der Waals surface area (Å²) in [4.78, 5) is 7.89. The van der Waals surface area contributed by atoms with E-state index < -0.39 is 0 Å². The van der Waals surface area contributed by atoms with E-state index in [-0.39, 0.29) is 0 Å². The minimum absolute atomic E-state index is 0.431. The number of terminal acetylenes is 1. The zero-order valence-corrected chi connectivity index (χ0v) is 7.92. The highest BCUT2D eigenvalue weighted by molar-refractivity contribution is 5.45. The smallest absolute Gasteiger partial charge is 0.237 e. The molecular formula is C12H8N2O. The molecule has 0 amide bonds. The van der Waals surface area contributed by atoms with Crippen molar-refractivity contribution >= 4 is 0 Å². The molecule has 1 aromatic carbocycles. The van der Waals surface area contributed by atoms with Crippen LogP contribution in [0.15, 0.2) is 42.9 Å². The Balaban J connectivity index is 2.29. The molecule has 72 valence electrons. The monoisotopic (exact) mass is 196 g/mol. The van der Waals surface area contributed by atoms with Crippen molar-refractivity contribution in [3.05, 3.63) is 48.4 Å². The first-order valence-electron chi connectivity index (χ1n) is 4.39. The minimum atomic E-state index is 0.431. The molecule has 0 N–H and O–H groups in total. The van der Waals surface area contributed by atoms with Gasteiger partial charge in [-0.2, -0.15) is 0 Å². The summed E-state index contributed by atoms with van der Waals surface area (Å²) in [5, 5.41) is 0. The average molecular weight is 196 g/mol. The Morgan fingerprint density at radius 2 is 2.07 bits per heavy atom. The lowest BCUT2D eigenvalue weighted by Gasteiger charge is -2.05. The molecule has 1 heterocycles. The van der Waals surface area contributed by atoms with E-state index in [1.807, 2.05) is 18.2 Å². The Kier molecular flexibility index (Phi) is 2.61. The number of hydrogen-bond acceptors (Lipinski definition) is 3. The molecule has 0 atom stereocenters. The molecule has 0 fully saturated rings. The number of aromatic nitrogens is 2. The molecule has 0 bridgehead atoms. The third kappa shape index (κ3) is 2.12. The number of rotatable bonds is 2. The fraction of sp³-hybridized carbons (Fsp3) is 0. The van der Waals surface area contributed by atoms with Gasteiger partial charge in [0.25, 0.3) is 0 Å². The van der Waals surface area contributed by atoms with Crippen LogP contribution < -0.4 is 4.74 Å². The van der Waals surface area contributed by atoms with E-state index >= 15 is 0 Å². The molecule has 0 radical (unpaired) electrons. The zero-order valence-electron chi connectivity index (χ0n) is 7.92. The molecule has 0 unspecified atom stereocenters. The van der Waals surface area contributed by atoms with E-state index in [9.17, 15) is 0 Å². The van der Waals surface area contributed by atoms with Gasteiger partial charge in [0.15, 0.2) is 0 Å². The van der Waals surface area contributed by atoms with Gasteiger partial charge in [0.2, 0.25) is 5.88 Å². The molecule has 0 aliphatic rings. The van der Waals surface area contributed by atoms with Crippen molar-refractivity contribution in [3.63, 3.8) is 0 Å². The van der Waals surface area contributed by atoms with E-state index in [2.05, 4.69) is 15.9 Å². The van der Waals surface area contributed by atoms with Crippen LogP contribution in [0.25, 0.3) is 0 Å². The van der Waals surface area contributed by atoms with Gasteiger partial charge in [0, 0.05) is 12.4 Å². The predicted molar refractivity (Wildman–Crippen MR) is 56.5 cm³/mol. The minimum Gasteiger partial charge on any atom is -0.436 e. The van der Waals surface area contributed by atoms with Gasteiger partial charge in [-0.3, -0.25) is 4.98 Å². The van der Waals surface area contributed by atoms with Crippen LogP contribution in [0.3, 0.4) is 0 Å². The van der Waals surface area contributed by atoms with Crippen LogP contribution >= 0.6 is 0 Å². The summed E-state index contributed by atoms with van der Waals surface area (Å²) in [5.74, 6) is 3.58. The van der Waals surface area contributed by atoms with Crippen molar-refractivity contribution in [2.24, 2.45) is 0 Å². The second-order valence-electron chi connectivity index (χ2n) is 2.79. The van der Waals surface area contributed by atoms with Gasteiger partial charge in [-0.15, -0.1) is 6.42 Å². The predicted octanol–water partition coefficient (Wildman–Crippen LogP) is 2.25. The second-order valence-corrected chi connectivity index (χ2v) is 2.79. The van der Waals surface area contributed by atoms with E-state index in [0.29, 0.717) is 17.2 Å². The molecule has 0 saturated heterocycles. The first-order chi connectivity index (χ1) is 7.40. The third-order valence-corrected chi connectivity index (χ3v) is 1.80. The molecule has 2 aromatic rings. The lowest BCUT2D eigenvalue weighted by atomic mass is 10.2. The van der Waals surface area contributed by atoms with Gasteiger partial charge in [-0.05, 0) is 12.1 Å². The van der Waals surface area contributed by atoms with Crippen LogP contribution in [0.1, 0.15) is 5.56 Å². The molecule has 0 saturated carbocycles. The average Bonchev–Trinajstić information content (AvgIpc) is 2.31. The van der Waals surface area contributed by atoms with Crippen LogP contribution in [0.2, 0.25) is 0 Å². The van der Waals surface area contributed by atoms with Gasteiger partial charge in [-0.1, -0.05) is 18.1 Å². The topological polar surface area (TPSA) is 35.0 Å². The standard InChI is InChI=1S/C12H8N2O/c1-2-10-5-3-4-6-11(10)15-12-9-13-7-8-14-12/h1,3-9H. The van der Waals surface area contributed by atoms with Crippen molar-refractivity contribution in [3.8, 4) is 24.0 Å². The fourth-order valence-corrected chi connectivity index (χ4v) is 1.13. The van der Waals surface area contributed by atoms with Crippen LogP contribution in [0, 0.1) is 12.3 Å². The van der Waals surface area contributed by atoms with E-state index in [1.54, 1.807) is 18.5 Å². The maximum absolute atomic E-state index is 5.48. The highest BCUT2D eigenvalue weighted by atomic mass is 16.5. The number of ether oxygens (including phenoxy) is 1. The van der Waals surface area contributed by atoms with Crippen LogP contribution in [-0.4, -0.2) is 9.97 Å². The molecule has 0 spiro atoms. The Labute approximate surface area is 87.8 Å². The summed E-state index contributed by atoms with van der Waals surface area (Å²) in [6.45, 7) is 0. The highest BCUT2D eigenvalue weighted by Crippen LogP contribution is 2.21. The Hall–Kier alpha value is -2.34. The Morgan fingerprint density at radius 3 is 2.80 bits per heavy atom. The maximum Gasteiger partial charge on any atom is 0.237 e. The molecule has 1 aromatic heterocycles. The molecule has 0 aliphatic heterocycles. The van der Waals surface area contributed by atoms with Gasteiger partial charge >= 0.3 is 0 Å². The zero-order chi connectivity index (χ0) is 10.5. The van der Waals surface area contributed by atoms with Crippen molar-refractivity contribution in [1.82, 2.24) is 9.97 Å². The molecule has 3 nitrogen and oxygen atoms in total. The van der Waals surface area contributed by atoms with Crippen LogP contribution in [-0.2, 0) is 0 Å². The summed E-state index contributed by atoms with van der Waals surface area (Å²) in [5.41, 5.74) is 0.697. The largest absolute Gasteiger partial charge is 0.436 e. The lowest BCUT2D eigenvalue weighted by molar-refractivity contribution is 0.459. The van der Waals surface area contributed by atoms with Crippen molar-refractivity contribution in [1.29, 1.82) is 0 Å². The Morgan fingerprint density at radius 1 is 1.20 bits per heavy atom. The van der Waals surface area contributed by atoms with Crippen LogP contribution in [0.5, 0.6) is 11.6 Å². The van der Waals surface area contributed by atoms with Gasteiger partial charge in [0.05, 0.1) is 11.8 Å². The van der Waals surface area contributed by atoms with Crippen molar-refractivity contribution < 1.29 is 4.74 Å². The number of hydrogen-bond donors (Lipinski definition) is 0. The normalized spacial score (nSPS) is 9.27.